The van der Waals surface area contributed by atoms with Gasteiger partial charge < -0.3 is 14.8 Å². The van der Waals surface area contributed by atoms with E-state index in [9.17, 15) is 22.4 Å². The number of rotatable bonds is 4. The van der Waals surface area contributed by atoms with Crippen LogP contribution in [-0.4, -0.2) is 22.4 Å². The van der Waals surface area contributed by atoms with Crippen LogP contribution in [0.3, 0.4) is 0 Å². The van der Waals surface area contributed by atoms with E-state index in [0.717, 1.165) is 18.2 Å². The highest BCUT2D eigenvalue weighted by molar-refractivity contribution is 5.92. The number of H-pyrrole nitrogens is 1. The minimum atomic E-state index is -3.73. The van der Waals surface area contributed by atoms with Gasteiger partial charge in [0, 0.05) is 17.7 Å². The van der Waals surface area contributed by atoms with Crippen molar-refractivity contribution in [3.63, 3.8) is 0 Å². The van der Waals surface area contributed by atoms with Crippen molar-refractivity contribution in [1.29, 1.82) is 0 Å². The molecule has 1 amide bonds. The number of hydrogen-bond donors (Lipinski definition) is 2. The van der Waals surface area contributed by atoms with E-state index < -0.39 is 23.8 Å². The minimum absolute atomic E-state index is 0.117. The van der Waals surface area contributed by atoms with Crippen molar-refractivity contribution in [2.75, 3.05) is 5.32 Å². The molecule has 0 aliphatic carbocycles. The lowest BCUT2D eigenvalue weighted by Crippen LogP contribution is -2.25. The fourth-order valence-corrected chi connectivity index (χ4v) is 2.72. The number of halogens is 4. The van der Waals surface area contributed by atoms with Crippen LogP contribution in [0, 0.1) is 11.6 Å². The topological polar surface area (TPSA) is 76.2 Å². The standard InChI is InChI=1S/C18H11F4N3O3/c19-11-5-10(6-12(20)7-11)13-8-16(25-24-13)23-17(26)4-9-1-2-14-15(3-9)28-18(21,22)27-14/h1-3,5-8H,4H2,(H2,23,24,25,26). The lowest BCUT2D eigenvalue weighted by Gasteiger charge is -2.04. The van der Waals surface area contributed by atoms with Crippen molar-refractivity contribution in [1.82, 2.24) is 10.2 Å². The largest absolute Gasteiger partial charge is 0.586 e. The second kappa shape index (κ2) is 6.55. The second-order valence-electron chi connectivity index (χ2n) is 6.00. The van der Waals surface area contributed by atoms with Gasteiger partial charge in [0.05, 0.1) is 12.1 Å². The molecular weight excluding hydrogens is 382 g/mol. The van der Waals surface area contributed by atoms with Crippen molar-refractivity contribution < 1.29 is 31.8 Å². The molecular formula is C18H11F4N3O3. The molecule has 144 valence electrons. The van der Waals surface area contributed by atoms with Crippen LogP contribution in [0.1, 0.15) is 5.56 Å². The Balaban J connectivity index is 1.43. The predicted octanol–water partition coefficient (Wildman–Crippen LogP) is 3.86. The number of hydrogen-bond acceptors (Lipinski definition) is 4. The molecule has 2 aromatic carbocycles. The Morgan fingerprint density at radius 2 is 1.75 bits per heavy atom. The van der Waals surface area contributed by atoms with Crippen LogP contribution in [0.2, 0.25) is 0 Å². The maximum atomic E-state index is 13.3. The van der Waals surface area contributed by atoms with Crippen LogP contribution in [0.15, 0.2) is 42.5 Å². The van der Waals surface area contributed by atoms with E-state index in [0.29, 0.717) is 11.3 Å². The number of alkyl halides is 2. The Labute approximate surface area is 155 Å². The summed E-state index contributed by atoms with van der Waals surface area (Å²) < 4.78 is 61.3. The summed E-state index contributed by atoms with van der Waals surface area (Å²) >= 11 is 0. The smallest absolute Gasteiger partial charge is 0.395 e. The molecule has 2 heterocycles. The molecule has 0 fully saturated rings. The van der Waals surface area contributed by atoms with Crippen LogP contribution in [-0.2, 0) is 11.2 Å². The van der Waals surface area contributed by atoms with E-state index in [1.54, 1.807) is 0 Å². The highest BCUT2D eigenvalue weighted by atomic mass is 19.3. The number of ether oxygens (including phenoxy) is 2. The van der Waals surface area contributed by atoms with Gasteiger partial charge in [-0.15, -0.1) is 8.78 Å². The third-order valence-electron chi connectivity index (χ3n) is 3.85. The molecule has 3 aromatic rings. The Kier molecular flexibility index (Phi) is 4.17. The molecule has 2 N–H and O–H groups in total. The number of fused-ring (bicyclic) bond motifs is 1. The summed E-state index contributed by atoms with van der Waals surface area (Å²) in [5.74, 6) is -2.11. The van der Waals surface area contributed by atoms with E-state index >= 15 is 0 Å². The molecule has 1 aliphatic heterocycles. The summed E-state index contributed by atoms with van der Waals surface area (Å²) in [7, 11) is 0. The zero-order valence-electron chi connectivity index (χ0n) is 13.9. The molecule has 0 bridgehead atoms. The van der Waals surface area contributed by atoms with Gasteiger partial charge in [0.25, 0.3) is 0 Å². The number of amides is 1. The molecule has 0 radical (unpaired) electrons. The highest BCUT2D eigenvalue weighted by Crippen LogP contribution is 2.41. The first-order valence-corrected chi connectivity index (χ1v) is 7.98. The highest BCUT2D eigenvalue weighted by Gasteiger charge is 2.43. The summed E-state index contributed by atoms with van der Waals surface area (Å²) in [6, 6.07) is 8.39. The number of nitrogens with zero attached hydrogens (tertiary/aromatic N) is 1. The quantitative estimate of drug-likeness (QED) is 0.660. The maximum Gasteiger partial charge on any atom is 0.586 e. The molecule has 0 atom stereocenters. The van der Waals surface area contributed by atoms with Crippen LogP contribution < -0.4 is 14.8 Å². The SMILES string of the molecule is O=C(Cc1ccc2c(c1)OC(F)(F)O2)Nc1cc(-c2cc(F)cc(F)c2)[nH]n1. The number of nitrogens with one attached hydrogen (secondary N) is 2. The number of carbonyl (C=O) groups is 1. The molecule has 0 saturated carbocycles. The Morgan fingerprint density at radius 1 is 1.04 bits per heavy atom. The molecule has 0 spiro atoms. The third kappa shape index (κ3) is 3.75. The van der Waals surface area contributed by atoms with Gasteiger partial charge in [-0.1, -0.05) is 6.07 Å². The van der Waals surface area contributed by atoms with Crippen molar-refractivity contribution in [2.24, 2.45) is 0 Å². The van der Waals surface area contributed by atoms with Gasteiger partial charge in [-0.05, 0) is 29.8 Å². The van der Waals surface area contributed by atoms with Gasteiger partial charge in [0.2, 0.25) is 5.91 Å². The number of benzene rings is 2. The number of aromatic nitrogens is 2. The minimum Gasteiger partial charge on any atom is -0.395 e. The van der Waals surface area contributed by atoms with Gasteiger partial charge in [-0.25, -0.2) is 8.78 Å². The van der Waals surface area contributed by atoms with Gasteiger partial charge in [-0.3, -0.25) is 9.89 Å². The average Bonchev–Trinajstić information content (AvgIpc) is 3.16. The van der Waals surface area contributed by atoms with Gasteiger partial charge in [0.1, 0.15) is 11.6 Å². The van der Waals surface area contributed by atoms with E-state index in [1.807, 2.05) is 0 Å². The van der Waals surface area contributed by atoms with Gasteiger partial charge in [-0.2, -0.15) is 5.10 Å². The zero-order valence-corrected chi connectivity index (χ0v) is 13.9. The van der Waals surface area contributed by atoms with Crippen molar-refractivity contribution in [2.45, 2.75) is 12.7 Å². The van der Waals surface area contributed by atoms with E-state index in [1.165, 1.54) is 24.3 Å². The van der Waals surface area contributed by atoms with E-state index in [2.05, 4.69) is 25.0 Å². The molecule has 0 unspecified atom stereocenters. The zero-order chi connectivity index (χ0) is 19.9. The summed E-state index contributed by atoms with van der Waals surface area (Å²) in [4.78, 5) is 12.2. The fourth-order valence-electron chi connectivity index (χ4n) is 2.72. The first-order valence-electron chi connectivity index (χ1n) is 7.98. The summed E-state index contributed by atoms with van der Waals surface area (Å²) in [6.45, 7) is 0. The van der Waals surface area contributed by atoms with Crippen molar-refractivity contribution in [3.05, 3.63) is 59.7 Å². The molecule has 28 heavy (non-hydrogen) atoms. The van der Waals surface area contributed by atoms with Gasteiger partial charge >= 0.3 is 6.29 Å². The first kappa shape index (κ1) is 17.8. The number of anilines is 1. The van der Waals surface area contributed by atoms with Crippen molar-refractivity contribution >= 4 is 11.7 Å². The lowest BCUT2D eigenvalue weighted by atomic mass is 10.1. The van der Waals surface area contributed by atoms with Crippen LogP contribution in [0.5, 0.6) is 11.5 Å². The van der Waals surface area contributed by atoms with Crippen LogP contribution in [0.4, 0.5) is 23.4 Å². The number of aromatic amines is 1. The average molecular weight is 393 g/mol. The first-order chi connectivity index (χ1) is 13.3. The van der Waals surface area contributed by atoms with Gasteiger partial charge in [0.15, 0.2) is 17.3 Å². The maximum absolute atomic E-state index is 13.3. The number of carbonyl (C=O) groups excluding carboxylic acids is 1. The molecule has 4 rings (SSSR count). The third-order valence-corrected chi connectivity index (χ3v) is 3.85. The fraction of sp³-hybridized carbons (Fsp3) is 0.111. The Bertz CT molecular complexity index is 1050. The molecule has 1 aliphatic rings. The second-order valence-corrected chi connectivity index (χ2v) is 6.00. The van der Waals surface area contributed by atoms with Crippen LogP contribution in [0.25, 0.3) is 11.3 Å². The van der Waals surface area contributed by atoms with Crippen LogP contribution >= 0.6 is 0 Å². The Morgan fingerprint density at radius 3 is 2.50 bits per heavy atom. The normalized spacial score (nSPS) is 14.1. The summed E-state index contributed by atoms with van der Waals surface area (Å²) in [5.41, 5.74) is 0.946. The Hall–Kier alpha value is -3.56. The molecule has 10 heteroatoms. The van der Waals surface area contributed by atoms with E-state index in [-0.39, 0.29) is 29.3 Å². The summed E-state index contributed by atoms with van der Waals surface area (Å²) in [5, 5.41) is 8.94. The summed E-state index contributed by atoms with van der Waals surface area (Å²) in [6.07, 6.45) is -3.87. The molecule has 1 aromatic heterocycles. The molecule has 0 saturated heterocycles. The lowest BCUT2D eigenvalue weighted by molar-refractivity contribution is -0.286. The van der Waals surface area contributed by atoms with E-state index in [4.69, 9.17) is 0 Å². The van der Waals surface area contributed by atoms with Crippen molar-refractivity contribution in [3.8, 4) is 22.8 Å². The monoisotopic (exact) mass is 393 g/mol. The predicted molar refractivity (Wildman–Crippen MR) is 88.9 cm³/mol. The molecule has 6 nitrogen and oxygen atoms in total.